The number of hydrogen-bond donors (Lipinski definition) is 2. The van der Waals surface area contributed by atoms with Gasteiger partial charge in [-0.1, -0.05) is 18.9 Å². The summed E-state index contributed by atoms with van der Waals surface area (Å²) < 4.78 is 0. The highest BCUT2D eigenvalue weighted by molar-refractivity contribution is 5.87. The largest absolute Gasteiger partial charge is 0.356 e. The van der Waals surface area contributed by atoms with E-state index in [-0.39, 0.29) is 11.8 Å². The molecule has 0 aliphatic rings. The summed E-state index contributed by atoms with van der Waals surface area (Å²) in [6.07, 6.45) is 7.40. The van der Waals surface area contributed by atoms with Crippen LogP contribution < -0.4 is 10.6 Å². The SMILES string of the molecule is C/C=C/C(=O)NCCCCCCNC(C)=O. The second kappa shape index (κ2) is 10.2. The van der Waals surface area contributed by atoms with Gasteiger partial charge in [-0.2, -0.15) is 0 Å². The summed E-state index contributed by atoms with van der Waals surface area (Å²) in [5, 5.41) is 5.55. The van der Waals surface area contributed by atoms with Crippen LogP contribution in [0.15, 0.2) is 12.2 Å². The van der Waals surface area contributed by atoms with Crippen molar-refractivity contribution in [2.45, 2.75) is 39.5 Å². The topological polar surface area (TPSA) is 58.2 Å². The van der Waals surface area contributed by atoms with Crippen LogP contribution in [-0.2, 0) is 9.59 Å². The van der Waals surface area contributed by atoms with Crippen molar-refractivity contribution < 1.29 is 9.59 Å². The summed E-state index contributed by atoms with van der Waals surface area (Å²) in [4.78, 5) is 21.6. The van der Waals surface area contributed by atoms with Crippen LogP contribution >= 0.6 is 0 Å². The lowest BCUT2D eigenvalue weighted by Gasteiger charge is -2.03. The summed E-state index contributed by atoms with van der Waals surface area (Å²) in [5.41, 5.74) is 0. The zero-order chi connectivity index (χ0) is 12.2. The highest BCUT2D eigenvalue weighted by Gasteiger charge is 1.94. The van der Waals surface area contributed by atoms with E-state index in [2.05, 4.69) is 10.6 Å². The number of allylic oxidation sites excluding steroid dienone is 1. The van der Waals surface area contributed by atoms with Gasteiger partial charge in [0.1, 0.15) is 0 Å². The van der Waals surface area contributed by atoms with Crippen molar-refractivity contribution in [3.05, 3.63) is 12.2 Å². The van der Waals surface area contributed by atoms with Crippen LogP contribution in [0.3, 0.4) is 0 Å². The van der Waals surface area contributed by atoms with E-state index in [1.807, 2.05) is 6.92 Å². The molecule has 2 amide bonds. The zero-order valence-corrected chi connectivity index (χ0v) is 10.2. The molecule has 0 rings (SSSR count). The predicted molar refractivity (Wildman–Crippen MR) is 65.0 cm³/mol. The van der Waals surface area contributed by atoms with Gasteiger partial charge in [-0.15, -0.1) is 0 Å². The molecule has 0 saturated carbocycles. The third-order valence-electron chi connectivity index (χ3n) is 2.09. The molecular weight excluding hydrogens is 204 g/mol. The minimum atomic E-state index is -0.0271. The summed E-state index contributed by atoms with van der Waals surface area (Å²) in [6.45, 7) is 4.82. The molecule has 0 radical (unpaired) electrons. The lowest BCUT2D eigenvalue weighted by atomic mass is 10.2. The maximum atomic E-state index is 11.0. The Morgan fingerprint density at radius 2 is 1.56 bits per heavy atom. The highest BCUT2D eigenvalue weighted by Crippen LogP contribution is 1.97. The first-order valence-electron chi connectivity index (χ1n) is 5.81. The summed E-state index contributed by atoms with van der Waals surface area (Å²) in [5.74, 6) is -0.000590. The monoisotopic (exact) mass is 226 g/mol. The Balaban J connectivity index is 3.15. The predicted octanol–water partition coefficient (Wildman–Crippen LogP) is 1.38. The minimum Gasteiger partial charge on any atom is -0.356 e. The van der Waals surface area contributed by atoms with Crippen LogP contribution in [0.5, 0.6) is 0 Å². The van der Waals surface area contributed by atoms with Crippen molar-refractivity contribution in [3.63, 3.8) is 0 Å². The van der Waals surface area contributed by atoms with Crippen molar-refractivity contribution in [1.29, 1.82) is 0 Å². The molecule has 0 heterocycles. The fourth-order valence-corrected chi connectivity index (χ4v) is 1.29. The number of nitrogens with one attached hydrogen (secondary N) is 2. The minimum absolute atomic E-state index is 0.0265. The highest BCUT2D eigenvalue weighted by atomic mass is 16.2. The molecule has 0 aliphatic carbocycles. The van der Waals surface area contributed by atoms with Crippen molar-refractivity contribution in [1.82, 2.24) is 10.6 Å². The summed E-state index contributed by atoms with van der Waals surface area (Å²) in [7, 11) is 0. The molecule has 0 unspecified atom stereocenters. The van der Waals surface area contributed by atoms with E-state index in [0.29, 0.717) is 0 Å². The molecule has 4 nitrogen and oxygen atoms in total. The molecule has 0 bridgehead atoms. The van der Waals surface area contributed by atoms with Gasteiger partial charge < -0.3 is 10.6 Å². The summed E-state index contributed by atoms with van der Waals surface area (Å²) >= 11 is 0. The molecular formula is C12H22N2O2. The van der Waals surface area contributed by atoms with Gasteiger partial charge in [0.15, 0.2) is 0 Å². The second-order valence-electron chi connectivity index (χ2n) is 3.69. The second-order valence-corrected chi connectivity index (χ2v) is 3.69. The quantitative estimate of drug-likeness (QED) is 0.485. The van der Waals surface area contributed by atoms with Crippen LogP contribution in [0.25, 0.3) is 0 Å². The number of hydrogen-bond acceptors (Lipinski definition) is 2. The molecule has 0 aromatic carbocycles. The van der Waals surface area contributed by atoms with Gasteiger partial charge in [-0.3, -0.25) is 9.59 Å². The molecule has 0 spiro atoms. The maximum Gasteiger partial charge on any atom is 0.243 e. The molecule has 0 aromatic rings. The smallest absolute Gasteiger partial charge is 0.243 e. The van der Waals surface area contributed by atoms with Crippen molar-refractivity contribution in [2.75, 3.05) is 13.1 Å². The fraction of sp³-hybridized carbons (Fsp3) is 0.667. The Morgan fingerprint density at radius 1 is 1.00 bits per heavy atom. The molecule has 92 valence electrons. The number of rotatable bonds is 8. The van der Waals surface area contributed by atoms with E-state index in [0.717, 1.165) is 38.8 Å². The third kappa shape index (κ3) is 10.8. The van der Waals surface area contributed by atoms with Gasteiger partial charge in [0.25, 0.3) is 0 Å². The van der Waals surface area contributed by atoms with E-state index < -0.39 is 0 Å². The first-order chi connectivity index (χ1) is 7.66. The van der Waals surface area contributed by atoms with E-state index in [4.69, 9.17) is 0 Å². The van der Waals surface area contributed by atoms with Crippen LogP contribution in [0.1, 0.15) is 39.5 Å². The van der Waals surface area contributed by atoms with E-state index >= 15 is 0 Å². The lowest BCUT2D eigenvalue weighted by molar-refractivity contribution is -0.119. The van der Waals surface area contributed by atoms with Gasteiger partial charge in [0.05, 0.1) is 0 Å². The van der Waals surface area contributed by atoms with Gasteiger partial charge >= 0.3 is 0 Å². The Hall–Kier alpha value is -1.32. The maximum absolute atomic E-state index is 11.0. The molecule has 2 N–H and O–H groups in total. The lowest BCUT2D eigenvalue weighted by Crippen LogP contribution is -2.22. The normalized spacial score (nSPS) is 10.4. The molecule has 0 aromatic heterocycles. The van der Waals surface area contributed by atoms with Crippen LogP contribution in [0.4, 0.5) is 0 Å². The fourth-order valence-electron chi connectivity index (χ4n) is 1.29. The number of unbranched alkanes of at least 4 members (excludes halogenated alkanes) is 3. The van der Waals surface area contributed by atoms with Crippen LogP contribution in [0.2, 0.25) is 0 Å². The average molecular weight is 226 g/mol. The van der Waals surface area contributed by atoms with Gasteiger partial charge in [-0.25, -0.2) is 0 Å². The van der Waals surface area contributed by atoms with Crippen molar-refractivity contribution in [3.8, 4) is 0 Å². The van der Waals surface area contributed by atoms with E-state index in [9.17, 15) is 9.59 Å². The third-order valence-corrected chi connectivity index (χ3v) is 2.09. The Bertz CT molecular complexity index is 237. The molecule has 0 fully saturated rings. The molecule has 4 heteroatoms. The Kier molecular flexibility index (Phi) is 9.36. The molecule has 0 aliphatic heterocycles. The summed E-state index contributed by atoms with van der Waals surface area (Å²) in [6, 6.07) is 0. The van der Waals surface area contributed by atoms with Gasteiger partial charge in [-0.05, 0) is 25.8 Å². The molecule has 16 heavy (non-hydrogen) atoms. The Morgan fingerprint density at radius 3 is 2.06 bits per heavy atom. The van der Waals surface area contributed by atoms with Gasteiger partial charge in [0, 0.05) is 20.0 Å². The van der Waals surface area contributed by atoms with Crippen molar-refractivity contribution >= 4 is 11.8 Å². The number of carbonyl (C=O) groups excluding carboxylic acids is 2. The van der Waals surface area contributed by atoms with E-state index in [1.54, 1.807) is 6.08 Å². The first kappa shape index (κ1) is 14.7. The van der Waals surface area contributed by atoms with Gasteiger partial charge in [0.2, 0.25) is 11.8 Å². The number of amides is 2. The first-order valence-corrected chi connectivity index (χ1v) is 5.81. The molecule has 0 atom stereocenters. The van der Waals surface area contributed by atoms with Crippen LogP contribution in [0, 0.1) is 0 Å². The Labute approximate surface area is 97.5 Å². The number of carbonyl (C=O) groups is 2. The zero-order valence-electron chi connectivity index (χ0n) is 10.2. The molecule has 0 saturated heterocycles. The standard InChI is InChI=1S/C12H22N2O2/c1-3-8-12(16)14-10-7-5-4-6-9-13-11(2)15/h3,8H,4-7,9-10H2,1-2H3,(H,13,15)(H,14,16)/b8-3+. The van der Waals surface area contributed by atoms with Crippen molar-refractivity contribution in [2.24, 2.45) is 0 Å². The van der Waals surface area contributed by atoms with E-state index in [1.165, 1.54) is 13.0 Å². The van der Waals surface area contributed by atoms with Crippen LogP contribution in [-0.4, -0.2) is 24.9 Å². The average Bonchev–Trinajstić information content (AvgIpc) is 2.22.